The van der Waals surface area contributed by atoms with Crippen LogP contribution in [0.15, 0.2) is 0 Å². The summed E-state index contributed by atoms with van der Waals surface area (Å²) in [6.45, 7) is 20.8. The number of hydrogen-bond acceptors (Lipinski definition) is 3. The van der Waals surface area contributed by atoms with Gasteiger partial charge in [0.05, 0.1) is 0 Å². The molecule has 0 bridgehead atoms. The van der Waals surface area contributed by atoms with E-state index in [1.807, 2.05) is 0 Å². The lowest BCUT2D eigenvalue weighted by Gasteiger charge is -2.29. The molecular formula is C19H43N3. The quantitative estimate of drug-likeness (QED) is 0.476. The summed E-state index contributed by atoms with van der Waals surface area (Å²) >= 11 is 0. The van der Waals surface area contributed by atoms with E-state index in [2.05, 4.69) is 57.1 Å². The van der Waals surface area contributed by atoms with Gasteiger partial charge in [0.2, 0.25) is 0 Å². The van der Waals surface area contributed by atoms with Crippen molar-refractivity contribution in [1.82, 2.24) is 15.5 Å². The van der Waals surface area contributed by atoms with Crippen LogP contribution in [0, 0.1) is 5.41 Å². The summed E-state index contributed by atoms with van der Waals surface area (Å²) < 4.78 is 0. The highest BCUT2D eigenvalue weighted by atomic mass is 15.2. The molecule has 1 atom stereocenters. The lowest BCUT2D eigenvalue weighted by molar-refractivity contribution is 0.210. The molecule has 0 radical (unpaired) electrons. The van der Waals surface area contributed by atoms with Gasteiger partial charge in [-0.05, 0) is 51.2 Å². The van der Waals surface area contributed by atoms with Gasteiger partial charge in [-0.15, -0.1) is 0 Å². The molecule has 134 valence electrons. The SMILES string of the molecule is CCCCNCCN(CCC(C)(C)C)CC(C)NCCCC. The van der Waals surface area contributed by atoms with Gasteiger partial charge in [-0.25, -0.2) is 0 Å². The van der Waals surface area contributed by atoms with Crippen molar-refractivity contribution < 1.29 is 0 Å². The highest BCUT2D eigenvalue weighted by Gasteiger charge is 2.15. The molecule has 0 aliphatic heterocycles. The number of nitrogens with one attached hydrogen (secondary N) is 2. The van der Waals surface area contributed by atoms with E-state index in [1.54, 1.807) is 0 Å². The van der Waals surface area contributed by atoms with E-state index in [1.165, 1.54) is 45.2 Å². The van der Waals surface area contributed by atoms with Crippen molar-refractivity contribution in [2.75, 3.05) is 39.3 Å². The topological polar surface area (TPSA) is 27.3 Å². The fourth-order valence-electron chi connectivity index (χ4n) is 2.43. The molecular weight excluding hydrogens is 270 g/mol. The summed E-state index contributed by atoms with van der Waals surface area (Å²) in [6.07, 6.45) is 6.39. The maximum Gasteiger partial charge on any atom is 0.0166 e. The lowest BCUT2D eigenvalue weighted by atomic mass is 9.92. The Labute approximate surface area is 140 Å². The predicted octanol–water partition coefficient (Wildman–Crippen LogP) is 3.89. The molecule has 0 saturated heterocycles. The van der Waals surface area contributed by atoms with Gasteiger partial charge in [-0.3, -0.25) is 0 Å². The zero-order valence-electron chi connectivity index (χ0n) is 16.3. The number of nitrogens with zero attached hydrogens (tertiary/aromatic N) is 1. The van der Waals surface area contributed by atoms with E-state index in [-0.39, 0.29) is 0 Å². The van der Waals surface area contributed by atoms with E-state index >= 15 is 0 Å². The minimum absolute atomic E-state index is 0.423. The first-order chi connectivity index (χ1) is 10.4. The summed E-state index contributed by atoms with van der Waals surface area (Å²) in [5, 5.41) is 7.24. The molecule has 0 amide bonds. The fraction of sp³-hybridized carbons (Fsp3) is 1.00. The molecule has 0 fully saturated rings. The van der Waals surface area contributed by atoms with Crippen molar-refractivity contribution in [2.45, 2.75) is 79.7 Å². The lowest BCUT2D eigenvalue weighted by Crippen LogP contribution is -2.43. The Bertz CT molecular complexity index is 235. The molecule has 0 spiro atoms. The van der Waals surface area contributed by atoms with Gasteiger partial charge in [-0.2, -0.15) is 0 Å². The molecule has 0 aromatic heterocycles. The molecule has 0 aromatic carbocycles. The standard InChI is InChI=1S/C19H43N3/c1-7-9-12-20-14-16-22(15-11-19(4,5)6)17-18(3)21-13-10-8-2/h18,20-21H,7-17H2,1-6H3. The summed E-state index contributed by atoms with van der Waals surface area (Å²) in [5.41, 5.74) is 0.423. The Morgan fingerprint density at radius 1 is 0.909 bits per heavy atom. The van der Waals surface area contributed by atoms with Crippen LogP contribution in [-0.2, 0) is 0 Å². The predicted molar refractivity (Wildman–Crippen MR) is 101 cm³/mol. The Hall–Kier alpha value is -0.120. The van der Waals surface area contributed by atoms with Crippen LogP contribution in [0.3, 0.4) is 0 Å². The smallest absolute Gasteiger partial charge is 0.0166 e. The Balaban J connectivity index is 4.08. The van der Waals surface area contributed by atoms with Crippen molar-refractivity contribution in [3.63, 3.8) is 0 Å². The maximum atomic E-state index is 3.66. The minimum atomic E-state index is 0.423. The third-order valence-corrected chi connectivity index (χ3v) is 4.05. The molecule has 2 N–H and O–H groups in total. The third-order valence-electron chi connectivity index (χ3n) is 4.05. The van der Waals surface area contributed by atoms with E-state index < -0.39 is 0 Å². The molecule has 3 heteroatoms. The molecule has 0 rings (SSSR count). The van der Waals surface area contributed by atoms with E-state index in [0.29, 0.717) is 11.5 Å². The normalized spacial score (nSPS) is 13.8. The van der Waals surface area contributed by atoms with Gasteiger partial charge in [0.25, 0.3) is 0 Å². The zero-order valence-corrected chi connectivity index (χ0v) is 16.3. The average molecular weight is 314 g/mol. The Kier molecular flexibility index (Phi) is 13.3. The zero-order chi connectivity index (χ0) is 16.8. The second kappa shape index (κ2) is 13.3. The van der Waals surface area contributed by atoms with E-state index in [0.717, 1.165) is 26.2 Å². The molecule has 0 heterocycles. The van der Waals surface area contributed by atoms with Crippen LogP contribution < -0.4 is 10.6 Å². The van der Waals surface area contributed by atoms with Crippen LogP contribution in [0.5, 0.6) is 0 Å². The molecule has 22 heavy (non-hydrogen) atoms. The van der Waals surface area contributed by atoms with Crippen LogP contribution in [0.4, 0.5) is 0 Å². The Morgan fingerprint density at radius 2 is 1.55 bits per heavy atom. The molecule has 0 aromatic rings. The largest absolute Gasteiger partial charge is 0.315 e. The Morgan fingerprint density at radius 3 is 2.14 bits per heavy atom. The average Bonchev–Trinajstić information content (AvgIpc) is 2.43. The molecule has 3 nitrogen and oxygen atoms in total. The van der Waals surface area contributed by atoms with Crippen LogP contribution in [0.25, 0.3) is 0 Å². The van der Waals surface area contributed by atoms with Crippen LogP contribution in [0.2, 0.25) is 0 Å². The van der Waals surface area contributed by atoms with Crippen molar-refractivity contribution in [3.05, 3.63) is 0 Å². The maximum absolute atomic E-state index is 3.66. The van der Waals surface area contributed by atoms with Crippen molar-refractivity contribution in [3.8, 4) is 0 Å². The third kappa shape index (κ3) is 14.8. The van der Waals surface area contributed by atoms with Crippen molar-refractivity contribution in [2.24, 2.45) is 5.41 Å². The van der Waals surface area contributed by atoms with Crippen LogP contribution in [-0.4, -0.2) is 50.2 Å². The van der Waals surface area contributed by atoms with Gasteiger partial charge in [0.15, 0.2) is 0 Å². The van der Waals surface area contributed by atoms with Gasteiger partial charge < -0.3 is 15.5 Å². The molecule has 0 saturated carbocycles. The van der Waals surface area contributed by atoms with Crippen LogP contribution >= 0.6 is 0 Å². The summed E-state index contributed by atoms with van der Waals surface area (Å²) in [5.74, 6) is 0. The first-order valence-electron chi connectivity index (χ1n) is 9.55. The van der Waals surface area contributed by atoms with Crippen molar-refractivity contribution in [1.29, 1.82) is 0 Å². The van der Waals surface area contributed by atoms with Crippen LogP contribution in [0.1, 0.15) is 73.6 Å². The van der Waals surface area contributed by atoms with Gasteiger partial charge >= 0.3 is 0 Å². The van der Waals surface area contributed by atoms with Gasteiger partial charge in [0, 0.05) is 25.7 Å². The van der Waals surface area contributed by atoms with E-state index in [9.17, 15) is 0 Å². The number of unbranched alkanes of at least 4 members (excludes halogenated alkanes) is 2. The number of rotatable bonds is 14. The summed E-state index contributed by atoms with van der Waals surface area (Å²) in [7, 11) is 0. The van der Waals surface area contributed by atoms with Gasteiger partial charge in [-0.1, -0.05) is 47.5 Å². The highest BCUT2D eigenvalue weighted by molar-refractivity contribution is 4.72. The first kappa shape index (κ1) is 21.9. The second-order valence-corrected chi connectivity index (χ2v) is 7.92. The monoisotopic (exact) mass is 313 g/mol. The first-order valence-corrected chi connectivity index (χ1v) is 9.55. The van der Waals surface area contributed by atoms with Crippen molar-refractivity contribution >= 4 is 0 Å². The fourth-order valence-corrected chi connectivity index (χ4v) is 2.43. The molecule has 0 aliphatic carbocycles. The molecule has 0 aliphatic rings. The molecule has 1 unspecified atom stereocenters. The minimum Gasteiger partial charge on any atom is -0.315 e. The highest BCUT2D eigenvalue weighted by Crippen LogP contribution is 2.18. The van der Waals surface area contributed by atoms with Gasteiger partial charge in [0.1, 0.15) is 0 Å². The summed E-state index contributed by atoms with van der Waals surface area (Å²) in [6, 6.07) is 0.585. The summed E-state index contributed by atoms with van der Waals surface area (Å²) in [4.78, 5) is 2.63. The second-order valence-electron chi connectivity index (χ2n) is 7.92. The van der Waals surface area contributed by atoms with E-state index in [4.69, 9.17) is 0 Å². The number of hydrogen-bond donors (Lipinski definition) is 2.